The number of aryl methyl sites for hydroxylation is 1. The fraction of sp³-hybridized carbons (Fsp3) is 0.190. The molecule has 4 N–H and O–H groups in total. The van der Waals surface area contributed by atoms with E-state index < -0.39 is 11.8 Å². The monoisotopic (exact) mass is 362 g/mol. The molecule has 2 amide bonds. The molecule has 0 aliphatic rings. The molecule has 0 spiro atoms. The Bertz CT molecular complexity index is 863. The summed E-state index contributed by atoms with van der Waals surface area (Å²) in [7, 11) is 0. The lowest BCUT2D eigenvalue weighted by molar-refractivity contribution is -0.112. The van der Waals surface area contributed by atoms with Crippen LogP contribution in [0, 0.1) is 11.3 Å². The van der Waals surface area contributed by atoms with Crippen LogP contribution in [0.2, 0.25) is 0 Å². The molecule has 0 bridgehead atoms. The van der Waals surface area contributed by atoms with Crippen LogP contribution in [0.1, 0.15) is 35.7 Å². The predicted octanol–water partition coefficient (Wildman–Crippen LogP) is 3.59. The summed E-state index contributed by atoms with van der Waals surface area (Å²) in [6.45, 7) is 2.14. The van der Waals surface area contributed by atoms with Crippen LogP contribution < -0.4 is 16.4 Å². The first-order valence-corrected chi connectivity index (χ1v) is 8.70. The van der Waals surface area contributed by atoms with E-state index in [0.717, 1.165) is 19.3 Å². The van der Waals surface area contributed by atoms with Crippen LogP contribution >= 0.6 is 0 Å². The number of amides is 2. The van der Waals surface area contributed by atoms with Crippen molar-refractivity contribution in [1.82, 2.24) is 0 Å². The molecule has 0 saturated carbocycles. The Balaban J connectivity index is 1.99. The van der Waals surface area contributed by atoms with Crippen molar-refractivity contribution < 1.29 is 9.59 Å². The molecule has 0 saturated heterocycles. The molecule has 0 aromatic heterocycles. The molecule has 138 valence electrons. The third-order valence-electron chi connectivity index (χ3n) is 3.95. The Morgan fingerprint density at radius 3 is 2.26 bits per heavy atom. The van der Waals surface area contributed by atoms with E-state index >= 15 is 0 Å². The first kappa shape index (κ1) is 19.7. The Morgan fingerprint density at radius 2 is 1.70 bits per heavy atom. The maximum absolute atomic E-state index is 12.3. The van der Waals surface area contributed by atoms with Gasteiger partial charge in [0, 0.05) is 23.1 Å². The van der Waals surface area contributed by atoms with Gasteiger partial charge in [-0.3, -0.25) is 9.59 Å². The van der Waals surface area contributed by atoms with Gasteiger partial charge in [0.1, 0.15) is 11.6 Å². The number of nitriles is 1. The fourth-order valence-electron chi connectivity index (χ4n) is 2.37. The van der Waals surface area contributed by atoms with Crippen LogP contribution in [-0.2, 0) is 11.2 Å². The summed E-state index contributed by atoms with van der Waals surface area (Å²) in [4.78, 5) is 23.3. The second-order valence-electron chi connectivity index (χ2n) is 6.01. The van der Waals surface area contributed by atoms with Crippen molar-refractivity contribution in [2.24, 2.45) is 5.73 Å². The lowest BCUT2D eigenvalue weighted by atomic mass is 10.1. The standard InChI is InChI=1S/C21H22N4O2/c1-2-3-4-15-5-9-19(10-6-15)25-21(27)17(13-22)14-24-18-11-7-16(8-12-18)20(23)26/h5-12,14,24H,2-4H2,1H3,(H2,23,26)(H,25,27)/b17-14-. The van der Waals surface area contributed by atoms with Gasteiger partial charge in [0.2, 0.25) is 5.91 Å². The molecule has 0 atom stereocenters. The molecule has 0 heterocycles. The summed E-state index contributed by atoms with van der Waals surface area (Å²) in [5.74, 6) is -1.02. The van der Waals surface area contributed by atoms with Crippen LogP contribution in [0.25, 0.3) is 0 Å². The van der Waals surface area contributed by atoms with Gasteiger partial charge in [0.15, 0.2) is 0 Å². The van der Waals surface area contributed by atoms with Crippen molar-refractivity contribution in [3.63, 3.8) is 0 Å². The normalized spacial score (nSPS) is 10.7. The molecular formula is C21H22N4O2. The molecule has 0 fully saturated rings. The summed E-state index contributed by atoms with van der Waals surface area (Å²) in [5.41, 5.74) is 7.97. The van der Waals surface area contributed by atoms with Gasteiger partial charge in [-0.2, -0.15) is 5.26 Å². The molecule has 2 rings (SSSR count). The van der Waals surface area contributed by atoms with E-state index in [4.69, 9.17) is 5.73 Å². The van der Waals surface area contributed by atoms with Crippen LogP contribution in [0.3, 0.4) is 0 Å². The second-order valence-corrected chi connectivity index (χ2v) is 6.01. The molecule has 0 unspecified atom stereocenters. The van der Waals surface area contributed by atoms with E-state index in [1.54, 1.807) is 24.3 Å². The Labute approximate surface area is 158 Å². The molecule has 6 heteroatoms. The van der Waals surface area contributed by atoms with Crippen LogP contribution in [-0.4, -0.2) is 11.8 Å². The minimum atomic E-state index is -0.519. The number of hydrogen-bond donors (Lipinski definition) is 3. The minimum Gasteiger partial charge on any atom is -0.366 e. The number of hydrogen-bond acceptors (Lipinski definition) is 4. The molecule has 27 heavy (non-hydrogen) atoms. The maximum Gasteiger partial charge on any atom is 0.267 e. The fourth-order valence-corrected chi connectivity index (χ4v) is 2.37. The van der Waals surface area contributed by atoms with E-state index in [1.165, 1.54) is 11.8 Å². The van der Waals surface area contributed by atoms with Crippen LogP contribution in [0.5, 0.6) is 0 Å². The molecule has 2 aromatic rings. The van der Waals surface area contributed by atoms with E-state index in [-0.39, 0.29) is 5.57 Å². The van der Waals surface area contributed by atoms with Gasteiger partial charge in [-0.05, 0) is 54.8 Å². The van der Waals surface area contributed by atoms with E-state index in [1.807, 2.05) is 30.3 Å². The number of primary amides is 1. The van der Waals surface area contributed by atoms with Crippen molar-refractivity contribution in [3.8, 4) is 6.07 Å². The zero-order valence-corrected chi connectivity index (χ0v) is 15.2. The second kappa shape index (κ2) is 9.78. The highest BCUT2D eigenvalue weighted by molar-refractivity contribution is 6.06. The first-order chi connectivity index (χ1) is 13.0. The number of nitrogens with zero attached hydrogens (tertiary/aromatic N) is 1. The summed E-state index contributed by atoms with van der Waals surface area (Å²) in [5, 5.41) is 14.8. The number of anilines is 2. The maximum atomic E-state index is 12.3. The number of carbonyl (C=O) groups is 2. The lowest BCUT2D eigenvalue weighted by Crippen LogP contribution is -2.14. The zero-order chi connectivity index (χ0) is 19.6. The highest BCUT2D eigenvalue weighted by Crippen LogP contribution is 2.14. The highest BCUT2D eigenvalue weighted by atomic mass is 16.2. The van der Waals surface area contributed by atoms with Crippen molar-refractivity contribution in [1.29, 1.82) is 5.26 Å². The van der Waals surface area contributed by atoms with Gasteiger partial charge in [-0.25, -0.2) is 0 Å². The first-order valence-electron chi connectivity index (χ1n) is 8.70. The zero-order valence-electron chi connectivity index (χ0n) is 15.2. The third-order valence-corrected chi connectivity index (χ3v) is 3.95. The van der Waals surface area contributed by atoms with E-state index in [0.29, 0.717) is 16.9 Å². The largest absolute Gasteiger partial charge is 0.366 e. The number of carbonyl (C=O) groups excluding carboxylic acids is 2. The van der Waals surface area contributed by atoms with E-state index in [9.17, 15) is 14.9 Å². The highest BCUT2D eigenvalue weighted by Gasteiger charge is 2.09. The molecule has 0 aliphatic carbocycles. The Kier molecular flexibility index (Phi) is 7.15. The van der Waals surface area contributed by atoms with Gasteiger partial charge < -0.3 is 16.4 Å². The average Bonchev–Trinajstić information content (AvgIpc) is 2.68. The van der Waals surface area contributed by atoms with Gasteiger partial charge in [-0.1, -0.05) is 25.5 Å². The predicted molar refractivity (Wildman–Crippen MR) is 106 cm³/mol. The smallest absolute Gasteiger partial charge is 0.267 e. The summed E-state index contributed by atoms with van der Waals surface area (Å²) in [6.07, 6.45) is 4.59. The molecular weight excluding hydrogens is 340 g/mol. The van der Waals surface area contributed by atoms with E-state index in [2.05, 4.69) is 17.6 Å². The quantitative estimate of drug-likeness (QED) is 0.492. The third kappa shape index (κ3) is 6.01. The van der Waals surface area contributed by atoms with Crippen LogP contribution in [0.15, 0.2) is 60.3 Å². The summed E-state index contributed by atoms with van der Waals surface area (Å²) < 4.78 is 0. The molecule has 0 aliphatic heterocycles. The average molecular weight is 362 g/mol. The van der Waals surface area contributed by atoms with Crippen molar-refractivity contribution in [2.75, 3.05) is 10.6 Å². The van der Waals surface area contributed by atoms with Crippen molar-refractivity contribution in [3.05, 3.63) is 71.4 Å². The minimum absolute atomic E-state index is 0.0657. The molecule has 6 nitrogen and oxygen atoms in total. The SMILES string of the molecule is CCCCc1ccc(NC(=O)/C(C#N)=C\Nc2ccc(C(N)=O)cc2)cc1. The van der Waals surface area contributed by atoms with Crippen molar-refractivity contribution in [2.45, 2.75) is 26.2 Å². The summed E-state index contributed by atoms with van der Waals surface area (Å²) in [6, 6.07) is 15.9. The number of benzene rings is 2. The Hall–Kier alpha value is -3.59. The van der Waals surface area contributed by atoms with Gasteiger partial charge in [0.05, 0.1) is 0 Å². The topological polar surface area (TPSA) is 108 Å². The number of unbranched alkanes of at least 4 members (excludes halogenated alkanes) is 1. The number of rotatable bonds is 8. The summed E-state index contributed by atoms with van der Waals surface area (Å²) >= 11 is 0. The molecule has 2 aromatic carbocycles. The number of nitrogens with two attached hydrogens (primary N) is 1. The van der Waals surface area contributed by atoms with Gasteiger partial charge in [-0.15, -0.1) is 0 Å². The van der Waals surface area contributed by atoms with Gasteiger partial charge in [0.25, 0.3) is 5.91 Å². The van der Waals surface area contributed by atoms with Gasteiger partial charge >= 0.3 is 0 Å². The van der Waals surface area contributed by atoms with Crippen LogP contribution in [0.4, 0.5) is 11.4 Å². The number of nitrogens with one attached hydrogen (secondary N) is 2. The molecule has 0 radical (unpaired) electrons. The Morgan fingerprint density at radius 1 is 1.07 bits per heavy atom. The lowest BCUT2D eigenvalue weighted by Gasteiger charge is -2.07. The van der Waals surface area contributed by atoms with Crippen molar-refractivity contribution >= 4 is 23.2 Å².